The molecular weight excluding hydrogens is 556 g/mol. The van der Waals surface area contributed by atoms with Crippen molar-refractivity contribution in [3.63, 3.8) is 0 Å². The van der Waals surface area contributed by atoms with Gasteiger partial charge >= 0.3 is 29.0 Å². The van der Waals surface area contributed by atoms with Gasteiger partial charge in [-0.05, 0) is 93.6 Å². The Balaban J connectivity index is 0.000000510. The monoisotopic (exact) mass is 594 g/mol. The molecule has 4 aliphatic carbocycles. The van der Waals surface area contributed by atoms with Gasteiger partial charge in [0.2, 0.25) is 0 Å². The molecule has 1 saturated heterocycles. The maximum atomic E-state index is 13.0. The summed E-state index contributed by atoms with van der Waals surface area (Å²) in [7, 11) is 1.42. The van der Waals surface area contributed by atoms with Crippen LogP contribution in [0.3, 0.4) is 0 Å². The number of fused-ring (bicyclic) bond motifs is 2. The van der Waals surface area contributed by atoms with Crippen LogP contribution in [-0.4, -0.2) is 48.7 Å². The Morgan fingerprint density at radius 1 is 1.00 bits per heavy atom. The number of hydrogen-bond donors (Lipinski definition) is 1. The zero-order valence-electron chi connectivity index (χ0n) is 24.1. The first-order valence-electron chi connectivity index (χ1n) is 14.3. The van der Waals surface area contributed by atoms with E-state index >= 15 is 0 Å². The van der Waals surface area contributed by atoms with E-state index in [4.69, 9.17) is 9.47 Å². The zero-order valence-corrected chi connectivity index (χ0v) is 25.2. The topological polar surface area (TPSA) is 67.9 Å². The molecule has 214 valence electrons. The van der Waals surface area contributed by atoms with Crippen LogP contribution >= 0.6 is 0 Å². The summed E-state index contributed by atoms with van der Waals surface area (Å²) < 4.78 is 11.3. The van der Waals surface area contributed by atoms with Gasteiger partial charge in [0.25, 0.3) is 0 Å². The van der Waals surface area contributed by atoms with Gasteiger partial charge in [-0.2, -0.15) is 0 Å². The fourth-order valence-electron chi connectivity index (χ4n) is 7.94. The zero-order chi connectivity index (χ0) is 28.1. The molecule has 4 atom stereocenters. The average Bonchev–Trinajstić information content (AvgIpc) is 3.74. The van der Waals surface area contributed by atoms with E-state index < -0.39 is 11.5 Å². The van der Waals surface area contributed by atoms with Crippen molar-refractivity contribution in [2.24, 2.45) is 5.41 Å². The maximum absolute atomic E-state index is 13.0. The number of ether oxygens (including phenoxy) is 2. The van der Waals surface area contributed by atoms with E-state index in [0.29, 0.717) is 12.0 Å². The molecule has 7 heteroatoms. The second kappa shape index (κ2) is 12.1. The van der Waals surface area contributed by atoms with E-state index in [9.17, 15) is 9.59 Å². The molecule has 10 radical (unpaired) electrons. The molecule has 3 saturated carbocycles. The number of para-hydroxylation sites is 1. The summed E-state index contributed by atoms with van der Waals surface area (Å²) in [4.78, 5) is 28.0. The number of carbonyl (C=O) groups excluding carboxylic acids is 2. The van der Waals surface area contributed by atoms with Crippen LogP contribution in [0.4, 0.5) is 5.69 Å². The van der Waals surface area contributed by atoms with Crippen LogP contribution in [0.15, 0.2) is 35.5 Å². The second-order valence-corrected chi connectivity index (χ2v) is 12.1. The fourth-order valence-corrected chi connectivity index (χ4v) is 7.94. The van der Waals surface area contributed by atoms with Crippen LogP contribution in [0.5, 0.6) is 0 Å². The number of carbonyl (C=O) groups is 2. The standard InChI is InChI=1S/C29H33N2O4.C5H5.Fe/c1-17(32)35-23-16-20(27(33)34-4)24-29(21-10-5-6-11-22(21)30-24)14-15-31(26(23)29)25-19-9-7-8-18(19)12-13-28(25,2)3;1-2-4-5-3-1;/h5-11,23,25-26,30H,12-16H2,1-4H3;1-5H;/q;;+2/t23-,25-,26+,29+;;/m0../s1. The minimum Gasteiger partial charge on any atom is -0.466 e. The number of nitrogens with one attached hydrogen (secondary N) is 1. The van der Waals surface area contributed by atoms with Gasteiger partial charge in [0.05, 0.1) is 24.1 Å². The summed E-state index contributed by atoms with van der Waals surface area (Å²) >= 11 is 0. The van der Waals surface area contributed by atoms with Crippen molar-refractivity contribution in [3.05, 3.63) is 104 Å². The van der Waals surface area contributed by atoms with E-state index in [1.807, 2.05) is 38.2 Å². The van der Waals surface area contributed by atoms with Gasteiger partial charge in [-0.1, -0.05) is 32.0 Å². The molecule has 1 N–H and O–H groups in total. The molecule has 1 aromatic carbocycles. The van der Waals surface area contributed by atoms with Crippen molar-refractivity contribution in [2.75, 3.05) is 19.0 Å². The van der Waals surface area contributed by atoms with Gasteiger partial charge in [0, 0.05) is 43.2 Å². The van der Waals surface area contributed by atoms with Crippen LogP contribution in [0, 0.1) is 68.6 Å². The fraction of sp³-hybridized carbons (Fsp3) is 0.412. The second-order valence-electron chi connectivity index (χ2n) is 12.1. The third-order valence-corrected chi connectivity index (χ3v) is 9.45. The van der Waals surface area contributed by atoms with Crippen LogP contribution in [-0.2, 0) is 41.5 Å². The summed E-state index contributed by atoms with van der Waals surface area (Å²) in [6.07, 6.45) is 19.6. The number of anilines is 1. The number of methoxy groups -OCH3 is 1. The van der Waals surface area contributed by atoms with Gasteiger partial charge in [0.15, 0.2) is 0 Å². The molecule has 0 unspecified atom stereocenters. The Labute approximate surface area is 256 Å². The minimum absolute atomic E-state index is 0. The van der Waals surface area contributed by atoms with Crippen molar-refractivity contribution in [2.45, 2.75) is 70.1 Å². The summed E-state index contributed by atoms with van der Waals surface area (Å²) in [5, 5.41) is 3.61. The van der Waals surface area contributed by atoms with Crippen molar-refractivity contribution in [1.29, 1.82) is 0 Å². The first kappa shape index (κ1) is 30.6. The quantitative estimate of drug-likeness (QED) is 0.385. The Hall–Kier alpha value is -1.82. The minimum atomic E-state index is -0.460. The van der Waals surface area contributed by atoms with Gasteiger partial charge < -0.3 is 14.8 Å². The molecule has 0 aromatic heterocycles. The molecule has 1 aromatic rings. The number of benzene rings is 1. The Morgan fingerprint density at radius 3 is 2.39 bits per heavy atom. The number of likely N-dealkylation sites (tertiary alicyclic amines) is 1. The van der Waals surface area contributed by atoms with Gasteiger partial charge in [-0.25, -0.2) is 4.79 Å². The first-order valence-corrected chi connectivity index (χ1v) is 14.3. The van der Waals surface area contributed by atoms with E-state index in [1.54, 1.807) is 0 Å². The van der Waals surface area contributed by atoms with Crippen molar-refractivity contribution in [3.8, 4) is 0 Å². The predicted molar refractivity (Wildman–Crippen MR) is 154 cm³/mol. The SMILES string of the molecule is COC(=O)C1=C2Nc3ccccc3[C@]23CCN([C@H]2[C]4[CH][CH][CH][C]4CCC2(C)C)[C@@H]3[C@@H](OC(C)=O)C1.[CH]1[CH][CH][CH][CH]1.[Fe+2]. The summed E-state index contributed by atoms with van der Waals surface area (Å²) in [6, 6.07) is 8.43. The van der Waals surface area contributed by atoms with Crippen LogP contribution in [0.2, 0.25) is 0 Å². The van der Waals surface area contributed by atoms with E-state index in [1.165, 1.54) is 31.4 Å². The Kier molecular flexibility index (Phi) is 9.00. The number of rotatable bonds is 3. The molecule has 2 heterocycles. The summed E-state index contributed by atoms with van der Waals surface area (Å²) in [5.74, 6) is 2.14. The van der Waals surface area contributed by atoms with Gasteiger partial charge in [0.1, 0.15) is 6.10 Å². The van der Waals surface area contributed by atoms with Crippen LogP contribution in [0.25, 0.3) is 0 Å². The predicted octanol–water partition coefficient (Wildman–Crippen LogP) is 5.17. The molecule has 6 aliphatic rings. The molecule has 4 fully saturated rings. The van der Waals surface area contributed by atoms with Gasteiger partial charge in [-0.15, -0.1) is 0 Å². The van der Waals surface area contributed by atoms with Crippen LogP contribution < -0.4 is 5.32 Å². The third kappa shape index (κ3) is 5.18. The number of esters is 2. The molecule has 7 rings (SSSR count). The molecule has 0 bridgehead atoms. The summed E-state index contributed by atoms with van der Waals surface area (Å²) in [5.41, 5.74) is 3.32. The molecule has 2 aliphatic heterocycles. The molecule has 0 amide bonds. The molecule has 41 heavy (non-hydrogen) atoms. The number of nitrogens with zero attached hydrogens (tertiary/aromatic N) is 1. The summed E-state index contributed by atoms with van der Waals surface area (Å²) in [6.45, 7) is 7.04. The largest absolute Gasteiger partial charge is 2.00 e. The Morgan fingerprint density at radius 2 is 1.71 bits per heavy atom. The maximum Gasteiger partial charge on any atom is 2.00 e. The average molecular weight is 595 g/mol. The Bertz CT molecular complexity index is 1170. The van der Waals surface area contributed by atoms with E-state index in [0.717, 1.165) is 37.2 Å². The van der Waals surface area contributed by atoms with Crippen molar-refractivity contribution >= 4 is 17.6 Å². The van der Waals surface area contributed by atoms with E-state index in [-0.39, 0.29) is 46.5 Å². The van der Waals surface area contributed by atoms with Crippen LogP contribution in [0.1, 0.15) is 52.0 Å². The molecule has 1 spiro atoms. The first-order chi connectivity index (χ1) is 19.3. The molecular formula is C34H38FeN2O4+2. The van der Waals surface area contributed by atoms with E-state index in [2.05, 4.69) is 61.5 Å². The third-order valence-electron chi connectivity index (χ3n) is 9.45. The molecule has 6 nitrogen and oxygen atoms in total. The van der Waals surface area contributed by atoms with Crippen molar-refractivity contribution in [1.82, 2.24) is 4.90 Å². The van der Waals surface area contributed by atoms with Crippen molar-refractivity contribution < 1.29 is 36.1 Å². The van der Waals surface area contributed by atoms with Gasteiger partial charge in [-0.3, -0.25) is 9.69 Å². The normalized spacial score (nSPS) is 32.0. The smallest absolute Gasteiger partial charge is 0.466 e. The number of hydrogen-bond acceptors (Lipinski definition) is 6.